The van der Waals surface area contributed by atoms with Gasteiger partial charge in [-0.15, -0.1) is 11.3 Å². The first-order valence-electron chi connectivity index (χ1n) is 8.26. The SMILES string of the molecule is Cc1cccc(C)c1NCC(=O)N(Cc1ccco1)Cc1cccs1. The molecule has 2 aromatic heterocycles. The van der Waals surface area contributed by atoms with E-state index in [0.717, 1.165) is 27.5 Å². The standard InChI is InChI=1S/C20H22N2O2S/c1-15-6-3-7-16(2)20(15)21-12-19(23)22(13-17-8-4-10-24-17)14-18-9-5-11-25-18/h3-11,21H,12-14H2,1-2H3. The molecule has 0 aliphatic heterocycles. The van der Waals surface area contributed by atoms with Crippen molar-refractivity contribution in [3.05, 3.63) is 75.9 Å². The molecule has 0 atom stereocenters. The van der Waals surface area contributed by atoms with Crippen LogP contribution < -0.4 is 5.32 Å². The predicted molar refractivity (Wildman–Crippen MR) is 102 cm³/mol. The van der Waals surface area contributed by atoms with Crippen LogP contribution in [0.25, 0.3) is 0 Å². The lowest BCUT2D eigenvalue weighted by molar-refractivity contribution is -0.130. The largest absolute Gasteiger partial charge is 0.467 e. The van der Waals surface area contributed by atoms with Gasteiger partial charge in [-0.2, -0.15) is 0 Å². The summed E-state index contributed by atoms with van der Waals surface area (Å²) in [4.78, 5) is 15.8. The summed E-state index contributed by atoms with van der Waals surface area (Å²) in [5.74, 6) is 0.837. The number of thiophene rings is 1. The van der Waals surface area contributed by atoms with Crippen molar-refractivity contribution in [3.63, 3.8) is 0 Å². The molecule has 3 rings (SSSR count). The van der Waals surface area contributed by atoms with E-state index in [9.17, 15) is 4.79 Å². The Morgan fingerprint density at radius 3 is 2.52 bits per heavy atom. The van der Waals surface area contributed by atoms with Gasteiger partial charge in [-0.25, -0.2) is 0 Å². The average Bonchev–Trinajstić information content (AvgIpc) is 3.27. The van der Waals surface area contributed by atoms with E-state index >= 15 is 0 Å². The zero-order valence-corrected chi connectivity index (χ0v) is 15.3. The van der Waals surface area contributed by atoms with Crippen LogP contribution in [0.1, 0.15) is 21.8 Å². The maximum atomic E-state index is 12.8. The molecular weight excluding hydrogens is 332 g/mol. The Hall–Kier alpha value is -2.53. The number of nitrogens with zero attached hydrogens (tertiary/aromatic N) is 1. The minimum absolute atomic E-state index is 0.0486. The first-order valence-corrected chi connectivity index (χ1v) is 9.14. The van der Waals surface area contributed by atoms with E-state index in [1.807, 2.05) is 66.6 Å². The molecule has 25 heavy (non-hydrogen) atoms. The number of anilines is 1. The van der Waals surface area contributed by atoms with Crippen LogP contribution in [0.5, 0.6) is 0 Å². The molecule has 0 unspecified atom stereocenters. The second kappa shape index (κ2) is 8.03. The monoisotopic (exact) mass is 354 g/mol. The van der Waals surface area contributed by atoms with Gasteiger partial charge >= 0.3 is 0 Å². The summed E-state index contributed by atoms with van der Waals surface area (Å²) >= 11 is 1.66. The van der Waals surface area contributed by atoms with Crippen LogP contribution in [0.4, 0.5) is 5.69 Å². The topological polar surface area (TPSA) is 45.5 Å². The van der Waals surface area contributed by atoms with Crippen molar-refractivity contribution in [1.82, 2.24) is 4.90 Å². The average molecular weight is 354 g/mol. The van der Waals surface area contributed by atoms with Gasteiger partial charge in [-0.3, -0.25) is 4.79 Å². The summed E-state index contributed by atoms with van der Waals surface area (Å²) in [6, 6.07) is 13.9. The lowest BCUT2D eigenvalue weighted by atomic mass is 10.1. The van der Waals surface area contributed by atoms with Gasteiger partial charge in [-0.1, -0.05) is 24.3 Å². The summed E-state index contributed by atoms with van der Waals surface area (Å²) in [6.07, 6.45) is 1.64. The van der Waals surface area contributed by atoms with E-state index in [1.54, 1.807) is 17.6 Å². The third-order valence-corrected chi connectivity index (χ3v) is 4.96. The lowest BCUT2D eigenvalue weighted by Gasteiger charge is -2.22. The normalized spacial score (nSPS) is 10.6. The molecule has 3 aromatic rings. The van der Waals surface area contributed by atoms with Gasteiger partial charge in [0.1, 0.15) is 5.76 Å². The van der Waals surface area contributed by atoms with Crippen LogP contribution in [0.2, 0.25) is 0 Å². The fourth-order valence-electron chi connectivity index (χ4n) is 2.78. The van der Waals surface area contributed by atoms with Crippen LogP contribution in [0, 0.1) is 13.8 Å². The first kappa shape index (κ1) is 17.3. The van der Waals surface area contributed by atoms with E-state index in [4.69, 9.17) is 4.42 Å². The third-order valence-electron chi connectivity index (χ3n) is 4.10. The third kappa shape index (κ3) is 4.51. The van der Waals surface area contributed by atoms with Crippen LogP contribution in [0.15, 0.2) is 58.5 Å². The Morgan fingerprint density at radius 1 is 1.08 bits per heavy atom. The van der Waals surface area contributed by atoms with E-state index in [-0.39, 0.29) is 12.5 Å². The molecule has 0 spiro atoms. The maximum Gasteiger partial charge on any atom is 0.242 e. The number of hydrogen-bond donors (Lipinski definition) is 1. The number of furan rings is 1. The van der Waals surface area contributed by atoms with Gasteiger partial charge in [0.15, 0.2) is 0 Å². The number of amides is 1. The molecule has 0 fully saturated rings. The number of rotatable bonds is 7. The number of carbonyl (C=O) groups is 1. The molecular formula is C20H22N2O2S. The van der Waals surface area contributed by atoms with Crippen LogP contribution in [0.3, 0.4) is 0 Å². The minimum Gasteiger partial charge on any atom is -0.467 e. The zero-order valence-electron chi connectivity index (χ0n) is 14.5. The molecule has 1 aromatic carbocycles. The smallest absolute Gasteiger partial charge is 0.242 e. The molecule has 0 aliphatic rings. The second-order valence-electron chi connectivity index (χ2n) is 6.03. The summed E-state index contributed by atoms with van der Waals surface area (Å²) in [7, 11) is 0. The fraction of sp³-hybridized carbons (Fsp3) is 0.250. The molecule has 0 aliphatic carbocycles. The maximum absolute atomic E-state index is 12.8. The highest BCUT2D eigenvalue weighted by Crippen LogP contribution is 2.20. The Labute approximate surface area is 152 Å². The highest BCUT2D eigenvalue weighted by molar-refractivity contribution is 7.09. The van der Waals surface area contributed by atoms with Crippen molar-refractivity contribution in [3.8, 4) is 0 Å². The second-order valence-corrected chi connectivity index (χ2v) is 7.06. The van der Waals surface area contributed by atoms with Gasteiger partial charge in [0.05, 0.1) is 25.9 Å². The van der Waals surface area contributed by atoms with Crippen LogP contribution in [-0.4, -0.2) is 17.4 Å². The van der Waals surface area contributed by atoms with Crippen molar-refractivity contribution in [2.75, 3.05) is 11.9 Å². The molecule has 130 valence electrons. The van der Waals surface area contributed by atoms with Crippen molar-refractivity contribution in [1.29, 1.82) is 0 Å². The summed E-state index contributed by atoms with van der Waals surface area (Å²) in [5, 5.41) is 5.33. The fourth-order valence-corrected chi connectivity index (χ4v) is 3.50. The molecule has 0 saturated carbocycles. The van der Waals surface area contributed by atoms with E-state index in [0.29, 0.717) is 13.1 Å². The Bertz CT molecular complexity index is 754. The molecule has 1 amide bonds. The Kier molecular flexibility index (Phi) is 5.56. The van der Waals surface area contributed by atoms with Gasteiger partial charge < -0.3 is 14.6 Å². The van der Waals surface area contributed by atoms with Gasteiger partial charge in [0, 0.05) is 10.6 Å². The Balaban J connectivity index is 1.69. The number of hydrogen-bond acceptors (Lipinski definition) is 4. The van der Waals surface area contributed by atoms with Crippen molar-refractivity contribution >= 4 is 22.9 Å². The number of aryl methyl sites for hydroxylation is 2. The van der Waals surface area contributed by atoms with E-state index in [1.165, 1.54) is 0 Å². The quantitative estimate of drug-likeness (QED) is 0.674. The number of nitrogens with one attached hydrogen (secondary N) is 1. The molecule has 2 heterocycles. The Morgan fingerprint density at radius 2 is 1.88 bits per heavy atom. The molecule has 4 nitrogen and oxygen atoms in total. The number of para-hydroxylation sites is 1. The van der Waals surface area contributed by atoms with Gasteiger partial charge in [-0.05, 0) is 48.6 Å². The summed E-state index contributed by atoms with van der Waals surface area (Å²) in [5.41, 5.74) is 3.32. The first-order chi connectivity index (χ1) is 12.1. The predicted octanol–water partition coefficient (Wildman–Crippen LogP) is 4.60. The van der Waals surface area contributed by atoms with Crippen molar-refractivity contribution in [2.24, 2.45) is 0 Å². The summed E-state index contributed by atoms with van der Waals surface area (Å²) in [6.45, 7) is 5.42. The molecule has 0 radical (unpaired) electrons. The number of benzene rings is 1. The van der Waals surface area contributed by atoms with E-state index < -0.39 is 0 Å². The van der Waals surface area contributed by atoms with Gasteiger partial charge in [0.25, 0.3) is 0 Å². The highest BCUT2D eigenvalue weighted by atomic mass is 32.1. The van der Waals surface area contributed by atoms with E-state index in [2.05, 4.69) is 5.32 Å². The van der Waals surface area contributed by atoms with Crippen LogP contribution in [-0.2, 0) is 17.9 Å². The zero-order chi connectivity index (χ0) is 17.6. The van der Waals surface area contributed by atoms with Crippen LogP contribution >= 0.6 is 11.3 Å². The molecule has 5 heteroatoms. The molecule has 0 saturated heterocycles. The molecule has 0 bridgehead atoms. The van der Waals surface area contributed by atoms with Crippen molar-refractivity contribution in [2.45, 2.75) is 26.9 Å². The lowest BCUT2D eigenvalue weighted by Crippen LogP contribution is -2.34. The molecule has 1 N–H and O–H groups in total. The summed E-state index contributed by atoms with van der Waals surface area (Å²) < 4.78 is 5.42. The van der Waals surface area contributed by atoms with Gasteiger partial charge in [0.2, 0.25) is 5.91 Å². The van der Waals surface area contributed by atoms with Crippen molar-refractivity contribution < 1.29 is 9.21 Å². The minimum atomic E-state index is 0.0486. The highest BCUT2D eigenvalue weighted by Gasteiger charge is 2.17. The number of carbonyl (C=O) groups excluding carboxylic acids is 1.